The minimum absolute atomic E-state index is 0.00796. The number of hydrogen-bond donors (Lipinski definition) is 1. The van der Waals surface area contributed by atoms with Crippen molar-refractivity contribution < 1.29 is 14.0 Å². The number of nitrogens with zero attached hydrogens (tertiary/aromatic N) is 1. The molecular weight excluding hydrogens is 679 g/mol. The molecule has 0 aromatic carbocycles. The van der Waals surface area contributed by atoms with Gasteiger partial charge in [-0.2, -0.15) is 0 Å². The Kier molecular flexibility index (Phi) is 12.0. The predicted octanol–water partition coefficient (Wildman–Crippen LogP) is 12.5. The molecule has 4 fully saturated rings. The van der Waals surface area contributed by atoms with Crippen molar-refractivity contribution in [1.29, 1.82) is 0 Å². The van der Waals surface area contributed by atoms with Crippen molar-refractivity contribution in [3.8, 4) is 0 Å². The Morgan fingerprint density at radius 1 is 1.00 bits per heavy atom. The molecule has 51 heavy (non-hydrogen) atoms. The molecule has 1 aromatic rings. The van der Waals surface area contributed by atoms with Gasteiger partial charge in [-0.15, -0.1) is 11.3 Å². The zero-order valence-corrected chi connectivity index (χ0v) is 37.6. The van der Waals surface area contributed by atoms with Crippen molar-refractivity contribution >= 4 is 28.0 Å². The number of aryl methyl sites for hydroxylation is 1. The van der Waals surface area contributed by atoms with E-state index in [1.807, 2.05) is 0 Å². The summed E-state index contributed by atoms with van der Waals surface area (Å²) in [6.45, 7) is 35.4. The molecule has 0 radical (unpaired) electrons. The van der Waals surface area contributed by atoms with Crippen molar-refractivity contribution in [2.75, 3.05) is 0 Å². The van der Waals surface area contributed by atoms with Gasteiger partial charge in [0.25, 0.3) is 0 Å². The van der Waals surface area contributed by atoms with Gasteiger partial charge in [-0.3, -0.25) is 0 Å². The number of thiazole rings is 1. The molecule has 0 saturated heterocycles. The standard InChI is InChI=1S/C44H73NO3SSi2/c1-15-34-29-49-40(45-34)44(25-26-44)39(46)23-18-30(2)36-21-22-37-32(17-16-24-43(36,37)10)19-20-33-27-35(47-50(11,12)41(4,5)6)28-38(31(33)3)48-51(13,14)42(7,8)9/h18-20,23,29-30,35-39,46H,3,15-17,21-22,24-28H2,1-2,4-14H3/t30-,35-,36-,37+,38+,39-,43-/m1/s1. The Bertz CT molecular complexity index is 1500. The van der Waals surface area contributed by atoms with Crippen molar-refractivity contribution in [3.05, 3.63) is 63.7 Å². The first kappa shape index (κ1) is 41.1. The molecule has 4 saturated carbocycles. The molecule has 1 aromatic heterocycles. The Hall–Kier alpha value is -1.10. The number of aromatic nitrogens is 1. The highest BCUT2D eigenvalue weighted by Crippen LogP contribution is 2.60. The fraction of sp³-hybridized carbons (Fsp3) is 0.750. The summed E-state index contributed by atoms with van der Waals surface area (Å²) in [6.07, 6.45) is 20.2. The largest absolute Gasteiger partial charge is 0.413 e. The maximum Gasteiger partial charge on any atom is 0.192 e. The third-order valence-electron chi connectivity index (χ3n) is 14.7. The number of allylic oxidation sites excluding steroid dienone is 4. The molecule has 1 heterocycles. The molecule has 286 valence electrons. The SMILES string of the molecule is C=C1C(=CC=C2CCC[C@]3(C)[C@@H]([C@H](C)C=C[C@@H](O)C4(c5nc(CC)cs5)CC4)CC[C@@H]23)C[C@@H](O[Si](C)(C)C(C)(C)C)C[C@@H]1O[Si](C)(C)C(C)(C)C. The average molecular weight is 752 g/mol. The van der Waals surface area contributed by atoms with Crippen LogP contribution in [0, 0.1) is 23.2 Å². The monoisotopic (exact) mass is 751 g/mol. The van der Waals surface area contributed by atoms with Gasteiger partial charge in [-0.1, -0.05) is 98.8 Å². The first-order valence-electron chi connectivity index (χ1n) is 20.3. The predicted molar refractivity (Wildman–Crippen MR) is 224 cm³/mol. The second-order valence-electron chi connectivity index (χ2n) is 20.2. The molecule has 0 unspecified atom stereocenters. The minimum Gasteiger partial charge on any atom is -0.413 e. The topological polar surface area (TPSA) is 51.6 Å². The second-order valence-corrected chi connectivity index (χ2v) is 30.6. The van der Waals surface area contributed by atoms with E-state index in [0.717, 1.165) is 42.8 Å². The molecule has 7 atom stereocenters. The molecule has 4 aliphatic carbocycles. The van der Waals surface area contributed by atoms with Crippen LogP contribution in [0.25, 0.3) is 0 Å². The van der Waals surface area contributed by atoms with Gasteiger partial charge in [-0.25, -0.2) is 4.98 Å². The highest BCUT2D eigenvalue weighted by atomic mass is 32.1. The molecule has 4 nitrogen and oxygen atoms in total. The zero-order valence-electron chi connectivity index (χ0n) is 34.7. The van der Waals surface area contributed by atoms with Crippen LogP contribution in [0.2, 0.25) is 36.3 Å². The van der Waals surface area contributed by atoms with Crippen LogP contribution in [0.1, 0.15) is 131 Å². The second kappa shape index (κ2) is 14.9. The average Bonchev–Trinajstić information content (AvgIpc) is 3.54. The van der Waals surface area contributed by atoms with Gasteiger partial charge in [0, 0.05) is 11.8 Å². The lowest BCUT2D eigenvalue weighted by molar-refractivity contribution is 0.0969. The van der Waals surface area contributed by atoms with Crippen LogP contribution in [-0.2, 0) is 20.7 Å². The Morgan fingerprint density at radius 3 is 2.24 bits per heavy atom. The van der Waals surface area contributed by atoms with Crippen LogP contribution in [0.4, 0.5) is 0 Å². The van der Waals surface area contributed by atoms with Gasteiger partial charge in [0.15, 0.2) is 16.6 Å². The summed E-state index contributed by atoms with van der Waals surface area (Å²) in [6, 6.07) is 0. The van der Waals surface area contributed by atoms with Crippen molar-refractivity contribution in [2.45, 2.75) is 187 Å². The first-order valence-corrected chi connectivity index (χ1v) is 27.0. The molecular formula is C44H73NO3SSi2. The smallest absolute Gasteiger partial charge is 0.192 e. The maximum absolute atomic E-state index is 11.4. The summed E-state index contributed by atoms with van der Waals surface area (Å²) in [5.41, 5.74) is 5.41. The van der Waals surface area contributed by atoms with Crippen LogP contribution < -0.4 is 0 Å². The van der Waals surface area contributed by atoms with Crippen molar-refractivity contribution in [1.82, 2.24) is 4.98 Å². The molecule has 0 spiro atoms. The number of aliphatic hydroxyl groups excluding tert-OH is 1. The van der Waals surface area contributed by atoms with Gasteiger partial charge >= 0.3 is 0 Å². The van der Waals surface area contributed by atoms with E-state index in [-0.39, 0.29) is 33.1 Å². The fourth-order valence-corrected chi connectivity index (χ4v) is 12.8. The van der Waals surface area contributed by atoms with Crippen LogP contribution in [0.3, 0.4) is 0 Å². The lowest BCUT2D eigenvalue weighted by Crippen LogP contribution is -2.49. The highest BCUT2D eigenvalue weighted by Gasteiger charge is 2.53. The summed E-state index contributed by atoms with van der Waals surface area (Å²) < 4.78 is 14.2. The molecule has 7 heteroatoms. The summed E-state index contributed by atoms with van der Waals surface area (Å²) in [5, 5.41) is 15.0. The van der Waals surface area contributed by atoms with E-state index in [0.29, 0.717) is 17.8 Å². The molecule has 5 rings (SSSR count). The third-order valence-corrected chi connectivity index (χ3v) is 24.8. The Labute approximate surface area is 319 Å². The lowest BCUT2D eigenvalue weighted by Gasteiger charge is -2.45. The molecule has 4 aliphatic rings. The summed E-state index contributed by atoms with van der Waals surface area (Å²) in [7, 11) is -3.95. The number of hydrogen-bond acceptors (Lipinski definition) is 5. The van der Waals surface area contributed by atoms with E-state index >= 15 is 0 Å². The van der Waals surface area contributed by atoms with Gasteiger partial charge in [-0.05, 0) is 128 Å². The van der Waals surface area contributed by atoms with E-state index < -0.39 is 22.7 Å². The molecule has 0 bridgehead atoms. The summed E-state index contributed by atoms with van der Waals surface area (Å²) in [4.78, 5) is 4.87. The normalized spacial score (nSPS) is 31.8. The highest BCUT2D eigenvalue weighted by molar-refractivity contribution is 7.09. The Morgan fingerprint density at radius 2 is 1.65 bits per heavy atom. The maximum atomic E-state index is 11.4. The Balaban J connectivity index is 1.34. The number of rotatable bonds is 11. The quantitative estimate of drug-likeness (QED) is 0.181. The van der Waals surface area contributed by atoms with Gasteiger partial charge in [0.2, 0.25) is 0 Å². The number of fused-ring (bicyclic) bond motifs is 1. The van der Waals surface area contributed by atoms with Crippen LogP contribution in [0.15, 0.2) is 53.0 Å². The minimum atomic E-state index is -2.00. The first-order chi connectivity index (χ1) is 23.5. The van der Waals surface area contributed by atoms with E-state index in [2.05, 4.69) is 118 Å². The fourth-order valence-electron chi connectivity index (χ4n) is 8.98. The molecule has 0 aliphatic heterocycles. The van der Waals surface area contributed by atoms with Crippen LogP contribution >= 0.6 is 11.3 Å². The number of aliphatic hydroxyl groups is 1. The zero-order chi connectivity index (χ0) is 37.8. The van der Waals surface area contributed by atoms with Gasteiger partial charge in [0.05, 0.1) is 29.4 Å². The van der Waals surface area contributed by atoms with Crippen LogP contribution in [0.5, 0.6) is 0 Å². The van der Waals surface area contributed by atoms with Gasteiger partial charge < -0.3 is 14.0 Å². The van der Waals surface area contributed by atoms with Gasteiger partial charge in [0.1, 0.15) is 5.01 Å². The third kappa shape index (κ3) is 8.44. The van der Waals surface area contributed by atoms with E-state index in [1.165, 1.54) is 43.3 Å². The van der Waals surface area contributed by atoms with Crippen molar-refractivity contribution in [3.63, 3.8) is 0 Å². The van der Waals surface area contributed by atoms with Crippen LogP contribution in [-0.4, -0.2) is 45.0 Å². The van der Waals surface area contributed by atoms with E-state index in [9.17, 15) is 5.11 Å². The molecule has 0 amide bonds. The van der Waals surface area contributed by atoms with Crippen molar-refractivity contribution in [2.24, 2.45) is 23.2 Å². The lowest BCUT2D eigenvalue weighted by atomic mass is 9.61. The van der Waals surface area contributed by atoms with E-state index in [1.54, 1.807) is 16.9 Å². The molecule has 1 N–H and O–H groups in total. The summed E-state index contributed by atoms with van der Waals surface area (Å²) in [5.74, 6) is 1.67. The van der Waals surface area contributed by atoms with E-state index in [4.69, 9.17) is 20.4 Å². The summed E-state index contributed by atoms with van der Waals surface area (Å²) >= 11 is 1.74.